The van der Waals surface area contributed by atoms with Gasteiger partial charge in [-0.05, 0) is 18.2 Å². The summed E-state index contributed by atoms with van der Waals surface area (Å²) in [5.41, 5.74) is 3.34. The first kappa shape index (κ1) is 12.6. The maximum absolute atomic E-state index is 10.8. The van der Waals surface area contributed by atoms with Crippen LogP contribution in [0.2, 0.25) is 0 Å². The molecule has 0 bridgehead atoms. The molecular formula is C13H11N3O3. The molecule has 0 fully saturated rings. The lowest BCUT2D eigenvalue weighted by Gasteiger charge is -2.01. The lowest BCUT2D eigenvalue weighted by Crippen LogP contribution is -1.96. The van der Waals surface area contributed by atoms with Gasteiger partial charge >= 0.3 is 0 Å². The first-order chi connectivity index (χ1) is 9.18. The summed E-state index contributed by atoms with van der Waals surface area (Å²) in [5.74, 6) is 0.0932. The minimum absolute atomic E-state index is 0.0584. The molecule has 2 aromatic carbocycles. The average molecular weight is 257 g/mol. The van der Waals surface area contributed by atoms with Crippen LogP contribution in [0, 0.1) is 10.1 Å². The number of benzene rings is 2. The standard InChI is InChI=1S/C13H11N3O3/c17-13-8-4-1-5-10(13)9-14-15-11-6-2-3-7-12(11)16(18)19/h1-9,15,17H/b14-9-. The monoisotopic (exact) mass is 257 g/mol. The van der Waals surface area contributed by atoms with E-state index in [2.05, 4.69) is 10.5 Å². The number of hydrogen-bond donors (Lipinski definition) is 2. The van der Waals surface area contributed by atoms with E-state index in [0.717, 1.165) is 0 Å². The van der Waals surface area contributed by atoms with Crippen LogP contribution in [-0.4, -0.2) is 16.2 Å². The van der Waals surface area contributed by atoms with Crippen molar-refractivity contribution in [3.8, 4) is 5.75 Å². The molecule has 0 heterocycles. The molecule has 2 rings (SSSR count). The van der Waals surface area contributed by atoms with Gasteiger partial charge in [-0.2, -0.15) is 5.10 Å². The second-order valence-electron chi connectivity index (χ2n) is 3.70. The Morgan fingerprint density at radius 1 is 1.16 bits per heavy atom. The lowest BCUT2D eigenvalue weighted by molar-refractivity contribution is -0.384. The van der Waals surface area contributed by atoms with Crippen LogP contribution >= 0.6 is 0 Å². The third-order valence-corrected chi connectivity index (χ3v) is 2.43. The number of nitro benzene ring substituents is 1. The van der Waals surface area contributed by atoms with E-state index in [1.807, 2.05) is 0 Å². The molecule has 6 nitrogen and oxygen atoms in total. The first-order valence-corrected chi connectivity index (χ1v) is 5.49. The molecule has 6 heteroatoms. The number of anilines is 1. The maximum atomic E-state index is 10.8. The summed E-state index contributed by atoms with van der Waals surface area (Å²) >= 11 is 0. The van der Waals surface area contributed by atoms with Gasteiger partial charge in [0.15, 0.2) is 0 Å². The number of rotatable bonds is 4. The second-order valence-corrected chi connectivity index (χ2v) is 3.70. The van der Waals surface area contributed by atoms with Gasteiger partial charge in [0.2, 0.25) is 0 Å². The molecule has 0 aliphatic carbocycles. The Morgan fingerprint density at radius 2 is 1.84 bits per heavy atom. The van der Waals surface area contributed by atoms with Crippen molar-refractivity contribution in [2.75, 3.05) is 5.43 Å². The van der Waals surface area contributed by atoms with Crippen LogP contribution in [0.3, 0.4) is 0 Å². The van der Waals surface area contributed by atoms with Crippen LogP contribution in [0.5, 0.6) is 5.75 Å². The summed E-state index contributed by atoms with van der Waals surface area (Å²) in [4.78, 5) is 10.3. The van der Waals surface area contributed by atoms with E-state index < -0.39 is 4.92 Å². The fraction of sp³-hybridized carbons (Fsp3) is 0. The number of phenols is 1. The molecular weight excluding hydrogens is 246 g/mol. The minimum Gasteiger partial charge on any atom is -0.507 e. The zero-order valence-electron chi connectivity index (χ0n) is 9.85. The molecule has 2 N–H and O–H groups in total. The zero-order valence-corrected chi connectivity index (χ0v) is 9.85. The Kier molecular flexibility index (Phi) is 3.72. The van der Waals surface area contributed by atoms with Gasteiger partial charge in [0.25, 0.3) is 5.69 Å². The Balaban J connectivity index is 2.15. The summed E-state index contributed by atoms with van der Waals surface area (Å²) in [6.45, 7) is 0. The van der Waals surface area contributed by atoms with Crippen LogP contribution in [-0.2, 0) is 0 Å². The Bertz CT molecular complexity index is 626. The third kappa shape index (κ3) is 3.06. The highest BCUT2D eigenvalue weighted by atomic mass is 16.6. The molecule has 0 saturated heterocycles. The van der Waals surface area contributed by atoms with Crippen LogP contribution in [0.1, 0.15) is 5.56 Å². The van der Waals surface area contributed by atoms with Gasteiger partial charge in [-0.1, -0.05) is 24.3 Å². The molecule has 0 spiro atoms. The van der Waals surface area contributed by atoms with Crippen molar-refractivity contribution in [3.63, 3.8) is 0 Å². The Hall–Kier alpha value is -2.89. The quantitative estimate of drug-likeness (QED) is 0.500. The fourth-order valence-corrected chi connectivity index (χ4v) is 1.50. The molecule has 2 aromatic rings. The van der Waals surface area contributed by atoms with Crippen molar-refractivity contribution < 1.29 is 10.0 Å². The molecule has 0 aliphatic heterocycles. The molecule has 0 radical (unpaired) electrons. The summed E-state index contributed by atoms with van der Waals surface area (Å²) in [7, 11) is 0. The zero-order chi connectivity index (χ0) is 13.7. The summed E-state index contributed by atoms with van der Waals surface area (Å²) < 4.78 is 0. The van der Waals surface area contributed by atoms with Gasteiger partial charge in [0.05, 0.1) is 11.1 Å². The molecule has 96 valence electrons. The van der Waals surface area contributed by atoms with Gasteiger partial charge in [0.1, 0.15) is 11.4 Å². The van der Waals surface area contributed by atoms with E-state index >= 15 is 0 Å². The molecule has 0 amide bonds. The largest absolute Gasteiger partial charge is 0.507 e. The average Bonchev–Trinajstić information content (AvgIpc) is 2.41. The highest BCUT2D eigenvalue weighted by Gasteiger charge is 2.10. The molecule has 0 unspecified atom stereocenters. The van der Waals surface area contributed by atoms with E-state index in [0.29, 0.717) is 11.3 Å². The van der Waals surface area contributed by atoms with Crippen LogP contribution in [0.15, 0.2) is 53.6 Å². The summed E-state index contributed by atoms with van der Waals surface area (Å²) in [6.07, 6.45) is 1.39. The van der Waals surface area contributed by atoms with Gasteiger partial charge < -0.3 is 5.11 Å². The van der Waals surface area contributed by atoms with Crippen LogP contribution in [0.25, 0.3) is 0 Å². The third-order valence-electron chi connectivity index (χ3n) is 2.43. The second kappa shape index (κ2) is 5.63. The van der Waals surface area contributed by atoms with Crippen LogP contribution in [0.4, 0.5) is 11.4 Å². The Labute approximate surface area is 109 Å². The fourth-order valence-electron chi connectivity index (χ4n) is 1.50. The van der Waals surface area contributed by atoms with E-state index in [4.69, 9.17) is 0 Å². The van der Waals surface area contributed by atoms with Gasteiger partial charge in [0, 0.05) is 11.6 Å². The highest BCUT2D eigenvalue weighted by molar-refractivity contribution is 5.84. The predicted molar refractivity (Wildman–Crippen MR) is 72.4 cm³/mol. The topological polar surface area (TPSA) is 87.8 Å². The number of nitrogens with one attached hydrogen (secondary N) is 1. The number of nitro groups is 1. The smallest absolute Gasteiger partial charge is 0.294 e. The summed E-state index contributed by atoms with van der Waals surface area (Å²) in [6, 6.07) is 12.9. The van der Waals surface area contributed by atoms with Crippen molar-refractivity contribution >= 4 is 17.6 Å². The summed E-state index contributed by atoms with van der Waals surface area (Å²) in [5, 5.41) is 24.2. The van der Waals surface area contributed by atoms with Crippen LogP contribution < -0.4 is 5.43 Å². The molecule has 0 saturated carbocycles. The molecule has 0 atom stereocenters. The maximum Gasteiger partial charge on any atom is 0.294 e. The SMILES string of the molecule is O=[N+]([O-])c1ccccc1N/N=C\c1ccccc1O. The number of hydrogen-bond acceptors (Lipinski definition) is 5. The molecule has 0 aromatic heterocycles. The van der Waals surface area contributed by atoms with Gasteiger partial charge in [-0.15, -0.1) is 0 Å². The lowest BCUT2D eigenvalue weighted by atomic mass is 10.2. The van der Waals surface area contributed by atoms with Crippen molar-refractivity contribution in [1.82, 2.24) is 0 Å². The Morgan fingerprint density at radius 3 is 2.58 bits per heavy atom. The van der Waals surface area contributed by atoms with Crippen molar-refractivity contribution in [1.29, 1.82) is 0 Å². The number of para-hydroxylation sites is 3. The minimum atomic E-state index is -0.488. The first-order valence-electron chi connectivity index (χ1n) is 5.49. The van der Waals surface area contributed by atoms with E-state index in [1.54, 1.807) is 36.4 Å². The molecule has 19 heavy (non-hydrogen) atoms. The number of aromatic hydroxyl groups is 1. The molecule has 0 aliphatic rings. The van der Waals surface area contributed by atoms with Gasteiger partial charge in [-0.25, -0.2) is 0 Å². The number of nitrogens with zero attached hydrogens (tertiary/aromatic N) is 2. The number of phenolic OH excluding ortho intramolecular Hbond substituents is 1. The normalized spacial score (nSPS) is 10.5. The van der Waals surface area contributed by atoms with Crippen molar-refractivity contribution in [3.05, 3.63) is 64.2 Å². The highest BCUT2D eigenvalue weighted by Crippen LogP contribution is 2.23. The van der Waals surface area contributed by atoms with E-state index in [-0.39, 0.29) is 11.4 Å². The van der Waals surface area contributed by atoms with Crippen molar-refractivity contribution in [2.45, 2.75) is 0 Å². The van der Waals surface area contributed by atoms with E-state index in [9.17, 15) is 15.2 Å². The van der Waals surface area contributed by atoms with Gasteiger partial charge in [-0.3, -0.25) is 15.5 Å². The van der Waals surface area contributed by atoms with Crippen molar-refractivity contribution in [2.24, 2.45) is 5.10 Å². The number of hydrazone groups is 1. The van der Waals surface area contributed by atoms with E-state index in [1.165, 1.54) is 18.3 Å². The predicted octanol–water partition coefficient (Wildman–Crippen LogP) is 2.75.